The first kappa shape index (κ1) is 16.0. The van der Waals surface area contributed by atoms with Crippen LogP contribution < -0.4 is 4.43 Å². The van der Waals surface area contributed by atoms with Crippen LogP contribution in [0.15, 0.2) is 41.4 Å². The molecule has 1 heterocycles. The van der Waals surface area contributed by atoms with Crippen LogP contribution in [-0.2, 0) is 6.42 Å². The fourth-order valence-corrected chi connectivity index (χ4v) is 3.73. The van der Waals surface area contributed by atoms with Crippen LogP contribution in [0.3, 0.4) is 0 Å². The van der Waals surface area contributed by atoms with Gasteiger partial charge in [-0.1, -0.05) is 18.2 Å². The second kappa shape index (κ2) is 7.57. The summed E-state index contributed by atoms with van der Waals surface area (Å²) in [6.45, 7) is 8.63. The Bertz CT molecular complexity index is 606. The van der Waals surface area contributed by atoms with E-state index in [1.54, 1.807) is 0 Å². The second-order valence-corrected chi connectivity index (χ2v) is 9.13. The van der Waals surface area contributed by atoms with Crippen LogP contribution in [0, 0.1) is 6.92 Å². The first-order valence-corrected chi connectivity index (χ1v) is 11.0. The van der Waals surface area contributed by atoms with Crippen molar-refractivity contribution in [3.63, 3.8) is 0 Å². The highest BCUT2D eigenvalue weighted by molar-refractivity contribution is 7.12. The molecule has 112 valence electrons. The van der Waals surface area contributed by atoms with E-state index >= 15 is 0 Å². The quantitative estimate of drug-likeness (QED) is 0.554. The van der Waals surface area contributed by atoms with Gasteiger partial charge in [-0.3, -0.25) is 4.99 Å². The van der Waals surface area contributed by atoms with Gasteiger partial charge in [-0.15, -0.1) is 11.3 Å². The normalized spacial score (nSPS) is 13.0. The number of benzene rings is 1. The molecule has 1 aromatic carbocycles. The zero-order chi connectivity index (χ0) is 15.2. The van der Waals surface area contributed by atoms with Gasteiger partial charge in [0.2, 0.25) is 9.04 Å². The van der Waals surface area contributed by atoms with Crippen LogP contribution in [0.1, 0.15) is 28.3 Å². The Balaban J connectivity index is 2.04. The predicted molar refractivity (Wildman–Crippen MR) is 95.6 cm³/mol. The van der Waals surface area contributed by atoms with Gasteiger partial charge in [-0.05, 0) is 45.1 Å². The summed E-state index contributed by atoms with van der Waals surface area (Å²) in [7, 11) is -1.09. The average Bonchev–Trinajstić information content (AvgIpc) is 2.84. The number of hydrogen-bond donors (Lipinski definition) is 0. The number of aliphatic imine (C=N–C) groups is 1. The van der Waals surface area contributed by atoms with E-state index < -0.39 is 9.04 Å². The van der Waals surface area contributed by atoms with Crippen molar-refractivity contribution in [1.29, 1.82) is 0 Å². The molecule has 0 spiro atoms. The van der Waals surface area contributed by atoms with Crippen molar-refractivity contribution in [1.82, 2.24) is 0 Å². The molecule has 0 bridgehead atoms. The van der Waals surface area contributed by atoms with Crippen LogP contribution in [0.4, 0.5) is 0 Å². The Morgan fingerprint density at radius 2 is 2.00 bits per heavy atom. The summed E-state index contributed by atoms with van der Waals surface area (Å²) >= 11 is 1.84. The largest absolute Gasteiger partial charge is 0.547 e. The van der Waals surface area contributed by atoms with E-state index in [4.69, 9.17) is 4.43 Å². The van der Waals surface area contributed by atoms with Crippen LogP contribution in [0.25, 0.3) is 0 Å². The van der Waals surface area contributed by atoms with E-state index in [1.165, 1.54) is 15.3 Å². The van der Waals surface area contributed by atoms with E-state index in [0.29, 0.717) is 0 Å². The molecule has 0 fully saturated rings. The molecule has 2 aromatic rings. The summed E-state index contributed by atoms with van der Waals surface area (Å²) in [6, 6.07) is 12.7. The zero-order valence-corrected chi connectivity index (χ0v) is 15.1. The van der Waals surface area contributed by atoms with Crippen molar-refractivity contribution in [3.05, 3.63) is 51.7 Å². The number of nitrogens with zero attached hydrogens (tertiary/aromatic N) is 1. The number of rotatable bonds is 6. The minimum atomic E-state index is -1.09. The summed E-state index contributed by atoms with van der Waals surface area (Å²) in [5.41, 5.74) is 1.18. The molecule has 1 aromatic heterocycles. The molecule has 0 aliphatic rings. The Hall–Kier alpha value is -1.39. The Labute approximate surface area is 133 Å². The van der Waals surface area contributed by atoms with Gasteiger partial charge in [0, 0.05) is 28.0 Å². The lowest BCUT2D eigenvalue weighted by Crippen LogP contribution is -2.13. The Morgan fingerprint density at radius 3 is 2.67 bits per heavy atom. The summed E-state index contributed by atoms with van der Waals surface area (Å²) < 4.78 is 6.00. The maximum atomic E-state index is 6.00. The maximum absolute atomic E-state index is 6.00. The van der Waals surface area contributed by atoms with Crippen LogP contribution in [0.2, 0.25) is 13.1 Å². The molecule has 4 heteroatoms. The maximum Gasteiger partial charge on any atom is 0.229 e. The molecule has 2 nitrogen and oxygen atoms in total. The van der Waals surface area contributed by atoms with E-state index in [-0.39, 0.29) is 6.04 Å². The summed E-state index contributed by atoms with van der Waals surface area (Å²) in [5, 5.41) is 0. The van der Waals surface area contributed by atoms with Gasteiger partial charge in [0.05, 0.1) is 6.04 Å². The number of hydrogen-bond acceptors (Lipinski definition) is 3. The van der Waals surface area contributed by atoms with Crippen LogP contribution in [0.5, 0.6) is 5.75 Å². The molecular formula is C17H23NOSSi. The lowest BCUT2D eigenvalue weighted by molar-refractivity contribution is 0.563. The highest BCUT2D eigenvalue weighted by atomic mass is 32.1. The summed E-state index contributed by atoms with van der Waals surface area (Å²) in [6.07, 6.45) is 2.93. The molecule has 2 rings (SSSR count). The summed E-state index contributed by atoms with van der Waals surface area (Å²) in [4.78, 5) is 7.40. The molecule has 21 heavy (non-hydrogen) atoms. The predicted octanol–water partition coefficient (Wildman–Crippen LogP) is 4.79. The van der Waals surface area contributed by atoms with E-state index in [1.807, 2.05) is 23.6 Å². The molecule has 0 saturated heterocycles. The Kier molecular flexibility index (Phi) is 5.76. The van der Waals surface area contributed by atoms with Gasteiger partial charge in [0.15, 0.2) is 0 Å². The molecular weight excluding hydrogens is 294 g/mol. The number of thiophene rings is 1. The van der Waals surface area contributed by atoms with Gasteiger partial charge < -0.3 is 4.43 Å². The van der Waals surface area contributed by atoms with Crippen LogP contribution in [-0.4, -0.2) is 15.3 Å². The first-order valence-electron chi connectivity index (χ1n) is 7.39. The lowest BCUT2D eigenvalue weighted by atomic mass is 10.1. The van der Waals surface area contributed by atoms with E-state index in [2.05, 4.69) is 62.3 Å². The standard InChI is InChI=1S/C17H23NOSSi/c1-13-9-10-15(20-13)11-12-18-14(2)16-7-5-6-8-17(16)19-21(3)4/h5-10,12,14,21H,11H2,1-4H3. The second-order valence-electron chi connectivity index (χ2n) is 5.43. The first-order chi connectivity index (χ1) is 10.1. The van der Waals surface area contributed by atoms with Crippen molar-refractivity contribution >= 4 is 26.6 Å². The minimum absolute atomic E-state index is 0.134. The molecule has 1 unspecified atom stereocenters. The fraction of sp³-hybridized carbons (Fsp3) is 0.353. The molecule has 0 N–H and O–H groups in total. The molecule has 1 atom stereocenters. The molecule has 0 aliphatic heterocycles. The summed E-state index contributed by atoms with van der Waals surface area (Å²) in [5.74, 6) is 0.996. The fourth-order valence-electron chi connectivity index (χ4n) is 2.16. The average molecular weight is 318 g/mol. The van der Waals surface area contributed by atoms with Gasteiger partial charge >= 0.3 is 0 Å². The molecule has 0 radical (unpaired) electrons. The van der Waals surface area contributed by atoms with Crippen molar-refractivity contribution in [2.75, 3.05) is 0 Å². The van der Waals surface area contributed by atoms with Crippen LogP contribution >= 0.6 is 11.3 Å². The topological polar surface area (TPSA) is 21.6 Å². The number of para-hydroxylation sites is 1. The molecule has 0 amide bonds. The van der Waals surface area contributed by atoms with Crippen molar-refractivity contribution in [2.45, 2.75) is 39.4 Å². The monoisotopic (exact) mass is 317 g/mol. The van der Waals surface area contributed by atoms with E-state index in [0.717, 1.165) is 12.2 Å². The highest BCUT2D eigenvalue weighted by Crippen LogP contribution is 2.27. The van der Waals surface area contributed by atoms with Gasteiger partial charge in [-0.25, -0.2) is 0 Å². The molecule has 0 saturated carbocycles. The SMILES string of the molecule is Cc1ccc(CC=NC(C)c2ccccc2O[SiH](C)C)s1. The van der Waals surface area contributed by atoms with Crippen molar-refractivity contribution < 1.29 is 4.43 Å². The zero-order valence-electron chi connectivity index (χ0n) is 13.2. The number of aryl methyl sites for hydroxylation is 1. The smallest absolute Gasteiger partial charge is 0.229 e. The van der Waals surface area contributed by atoms with Gasteiger partial charge in [0.25, 0.3) is 0 Å². The Morgan fingerprint density at radius 1 is 1.24 bits per heavy atom. The highest BCUT2D eigenvalue weighted by Gasteiger charge is 2.10. The van der Waals surface area contributed by atoms with Crippen molar-refractivity contribution in [3.8, 4) is 5.75 Å². The molecule has 0 aliphatic carbocycles. The van der Waals surface area contributed by atoms with Gasteiger partial charge in [-0.2, -0.15) is 0 Å². The third kappa shape index (κ3) is 4.83. The van der Waals surface area contributed by atoms with E-state index in [9.17, 15) is 0 Å². The lowest BCUT2D eigenvalue weighted by Gasteiger charge is -2.16. The van der Waals surface area contributed by atoms with Gasteiger partial charge in [0.1, 0.15) is 5.75 Å². The third-order valence-electron chi connectivity index (χ3n) is 3.15. The third-order valence-corrected chi connectivity index (χ3v) is 4.90. The van der Waals surface area contributed by atoms with Crippen molar-refractivity contribution in [2.24, 2.45) is 4.99 Å². The minimum Gasteiger partial charge on any atom is -0.547 e.